The van der Waals surface area contributed by atoms with Crippen molar-refractivity contribution >= 4 is 5.95 Å². The highest BCUT2D eigenvalue weighted by molar-refractivity contribution is 5.32. The Morgan fingerprint density at radius 1 is 0.885 bits per heavy atom. The van der Waals surface area contributed by atoms with Gasteiger partial charge in [0.05, 0.1) is 0 Å². The molecule has 0 unspecified atom stereocenters. The summed E-state index contributed by atoms with van der Waals surface area (Å²) in [6, 6.07) is 20.7. The van der Waals surface area contributed by atoms with E-state index in [1.165, 1.54) is 11.1 Å². The number of anilines is 1. The van der Waals surface area contributed by atoms with Gasteiger partial charge in [0.15, 0.2) is 0 Å². The SMILES string of the molecule is c1ccc(OCc2cccc(C3CCN(c4ncccn4)CC3)c2)cc1. The van der Waals surface area contributed by atoms with Crippen molar-refractivity contribution in [3.8, 4) is 5.75 Å². The minimum absolute atomic E-state index is 0.589. The third-order valence-corrected chi connectivity index (χ3v) is 4.90. The highest BCUT2D eigenvalue weighted by Crippen LogP contribution is 2.30. The van der Waals surface area contributed by atoms with Crippen molar-refractivity contribution in [1.29, 1.82) is 0 Å². The average Bonchev–Trinajstić information content (AvgIpc) is 2.74. The molecule has 2 heterocycles. The van der Waals surface area contributed by atoms with Crippen LogP contribution < -0.4 is 9.64 Å². The molecule has 1 aromatic heterocycles. The molecule has 4 rings (SSSR count). The van der Waals surface area contributed by atoms with Crippen LogP contribution in [0, 0.1) is 0 Å². The maximum atomic E-state index is 5.88. The summed E-state index contributed by atoms with van der Waals surface area (Å²) in [6.07, 6.45) is 5.87. The van der Waals surface area contributed by atoms with Crippen LogP contribution >= 0.6 is 0 Å². The maximum absolute atomic E-state index is 5.88. The van der Waals surface area contributed by atoms with Gasteiger partial charge in [0.2, 0.25) is 5.95 Å². The first-order valence-electron chi connectivity index (χ1n) is 9.17. The normalized spacial score (nSPS) is 15.0. The number of rotatable bonds is 5. The van der Waals surface area contributed by atoms with E-state index < -0.39 is 0 Å². The van der Waals surface area contributed by atoms with E-state index in [0.717, 1.165) is 37.6 Å². The van der Waals surface area contributed by atoms with E-state index in [1.54, 1.807) is 0 Å². The molecule has 0 N–H and O–H groups in total. The molecule has 0 bridgehead atoms. The van der Waals surface area contributed by atoms with Crippen molar-refractivity contribution in [2.45, 2.75) is 25.4 Å². The molecule has 2 aromatic carbocycles. The van der Waals surface area contributed by atoms with Gasteiger partial charge in [0, 0.05) is 25.5 Å². The highest BCUT2D eigenvalue weighted by Gasteiger charge is 2.22. The Morgan fingerprint density at radius 3 is 2.42 bits per heavy atom. The number of nitrogens with zero attached hydrogens (tertiary/aromatic N) is 3. The lowest BCUT2D eigenvalue weighted by molar-refractivity contribution is 0.306. The summed E-state index contributed by atoms with van der Waals surface area (Å²) in [6.45, 7) is 2.60. The van der Waals surface area contributed by atoms with Gasteiger partial charge >= 0.3 is 0 Å². The molecule has 0 radical (unpaired) electrons. The predicted octanol–water partition coefficient (Wildman–Crippen LogP) is 4.44. The van der Waals surface area contributed by atoms with Crippen molar-refractivity contribution < 1.29 is 4.74 Å². The zero-order valence-electron chi connectivity index (χ0n) is 14.8. The van der Waals surface area contributed by atoms with Crippen molar-refractivity contribution in [2.24, 2.45) is 0 Å². The number of para-hydroxylation sites is 1. The minimum Gasteiger partial charge on any atom is -0.489 e. The molecule has 0 saturated carbocycles. The molecule has 1 fully saturated rings. The van der Waals surface area contributed by atoms with E-state index in [9.17, 15) is 0 Å². The number of benzene rings is 2. The largest absolute Gasteiger partial charge is 0.489 e. The Morgan fingerprint density at radius 2 is 1.65 bits per heavy atom. The summed E-state index contributed by atoms with van der Waals surface area (Å²) in [4.78, 5) is 11.0. The van der Waals surface area contributed by atoms with Crippen LogP contribution in [0.1, 0.15) is 29.9 Å². The zero-order chi connectivity index (χ0) is 17.6. The molecule has 1 saturated heterocycles. The van der Waals surface area contributed by atoms with E-state index in [0.29, 0.717) is 12.5 Å². The van der Waals surface area contributed by atoms with E-state index >= 15 is 0 Å². The predicted molar refractivity (Wildman–Crippen MR) is 103 cm³/mol. The van der Waals surface area contributed by atoms with Crippen molar-refractivity contribution in [3.63, 3.8) is 0 Å². The van der Waals surface area contributed by atoms with Crippen LogP contribution in [0.4, 0.5) is 5.95 Å². The summed E-state index contributed by atoms with van der Waals surface area (Å²) in [5.74, 6) is 2.34. The second-order valence-corrected chi connectivity index (χ2v) is 6.66. The van der Waals surface area contributed by atoms with Gasteiger partial charge in [0.1, 0.15) is 12.4 Å². The first kappa shape index (κ1) is 16.6. The fourth-order valence-electron chi connectivity index (χ4n) is 3.49. The van der Waals surface area contributed by atoms with Crippen molar-refractivity contribution in [3.05, 3.63) is 84.2 Å². The molecule has 0 aliphatic carbocycles. The molecule has 3 aromatic rings. The lowest BCUT2D eigenvalue weighted by Crippen LogP contribution is -2.34. The quantitative estimate of drug-likeness (QED) is 0.685. The third kappa shape index (κ3) is 4.02. The van der Waals surface area contributed by atoms with Crippen LogP contribution in [-0.2, 0) is 6.61 Å². The van der Waals surface area contributed by atoms with Gasteiger partial charge in [-0.05, 0) is 48.1 Å². The van der Waals surface area contributed by atoms with E-state index in [2.05, 4.69) is 39.1 Å². The molecule has 0 spiro atoms. The monoisotopic (exact) mass is 345 g/mol. The molecular formula is C22H23N3O. The van der Waals surface area contributed by atoms with E-state index in [4.69, 9.17) is 4.74 Å². The summed E-state index contributed by atoms with van der Waals surface area (Å²) < 4.78 is 5.88. The summed E-state index contributed by atoms with van der Waals surface area (Å²) in [7, 11) is 0. The second-order valence-electron chi connectivity index (χ2n) is 6.66. The number of hydrogen-bond donors (Lipinski definition) is 0. The van der Waals surface area contributed by atoms with Gasteiger partial charge in [-0.3, -0.25) is 0 Å². The fourth-order valence-corrected chi connectivity index (χ4v) is 3.49. The Labute approximate surface area is 154 Å². The Kier molecular flexibility index (Phi) is 5.10. The van der Waals surface area contributed by atoms with Gasteiger partial charge in [0.25, 0.3) is 0 Å². The molecule has 0 atom stereocenters. The summed E-state index contributed by atoms with van der Waals surface area (Å²) in [5.41, 5.74) is 2.63. The van der Waals surface area contributed by atoms with Crippen LogP contribution in [0.5, 0.6) is 5.75 Å². The Bertz CT molecular complexity index is 815. The zero-order valence-corrected chi connectivity index (χ0v) is 14.8. The number of ether oxygens (including phenoxy) is 1. The molecule has 1 aliphatic heterocycles. The van der Waals surface area contributed by atoms with Gasteiger partial charge in [-0.15, -0.1) is 0 Å². The average molecular weight is 345 g/mol. The Balaban J connectivity index is 1.36. The van der Waals surface area contributed by atoms with Crippen molar-refractivity contribution in [2.75, 3.05) is 18.0 Å². The third-order valence-electron chi connectivity index (χ3n) is 4.90. The standard InChI is InChI=1S/C22H23N3O/c1-2-8-21(9-3-1)26-17-18-6-4-7-20(16-18)19-10-14-25(15-11-19)22-23-12-5-13-24-22/h1-9,12-13,16,19H,10-11,14-15,17H2. The molecule has 4 heteroatoms. The molecule has 0 amide bonds. The Hall–Kier alpha value is -2.88. The van der Waals surface area contributed by atoms with Gasteiger partial charge < -0.3 is 9.64 Å². The van der Waals surface area contributed by atoms with Crippen LogP contribution in [0.15, 0.2) is 73.1 Å². The van der Waals surface area contributed by atoms with Gasteiger partial charge in [-0.2, -0.15) is 0 Å². The minimum atomic E-state index is 0.589. The number of hydrogen-bond acceptors (Lipinski definition) is 4. The first-order valence-corrected chi connectivity index (χ1v) is 9.17. The van der Waals surface area contributed by atoms with E-state index in [1.807, 2.05) is 48.8 Å². The molecule has 26 heavy (non-hydrogen) atoms. The lowest BCUT2D eigenvalue weighted by atomic mass is 9.89. The second kappa shape index (κ2) is 8.00. The maximum Gasteiger partial charge on any atom is 0.225 e. The lowest BCUT2D eigenvalue weighted by Gasteiger charge is -2.32. The molecule has 4 nitrogen and oxygen atoms in total. The smallest absolute Gasteiger partial charge is 0.225 e. The first-order chi connectivity index (χ1) is 12.9. The summed E-state index contributed by atoms with van der Waals surface area (Å²) >= 11 is 0. The van der Waals surface area contributed by atoms with E-state index in [-0.39, 0.29) is 0 Å². The van der Waals surface area contributed by atoms with Crippen molar-refractivity contribution in [1.82, 2.24) is 9.97 Å². The van der Waals surface area contributed by atoms with Crippen LogP contribution in [-0.4, -0.2) is 23.1 Å². The van der Waals surface area contributed by atoms with Crippen LogP contribution in [0.2, 0.25) is 0 Å². The molecule has 132 valence electrons. The number of aromatic nitrogens is 2. The number of piperidine rings is 1. The summed E-state index contributed by atoms with van der Waals surface area (Å²) in [5, 5.41) is 0. The topological polar surface area (TPSA) is 38.2 Å². The van der Waals surface area contributed by atoms with Crippen LogP contribution in [0.3, 0.4) is 0 Å². The molecule has 1 aliphatic rings. The highest BCUT2D eigenvalue weighted by atomic mass is 16.5. The van der Waals surface area contributed by atoms with Gasteiger partial charge in [-0.25, -0.2) is 9.97 Å². The fraction of sp³-hybridized carbons (Fsp3) is 0.273. The van der Waals surface area contributed by atoms with Crippen LogP contribution in [0.25, 0.3) is 0 Å². The molecular weight excluding hydrogens is 322 g/mol. The van der Waals surface area contributed by atoms with Gasteiger partial charge in [-0.1, -0.05) is 42.5 Å².